The number of carbonyl (C=O) groups is 2. The number of benzene rings is 2. The molecule has 4 aromatic heterocycles. The maximum absolute atomic E-state index is 12.3. The van der Waals surface area contributed by atoms with Crippen LogP contribution in [0.1, 0.15) is 78.3 Å². The van der Waals surface area contributed by atoms with E-state index in [1.165, 1.54) is 21.4 Å². The first kappa shape index (κ1) is 37.6. The fraction of sp³-hybridized carbons (Fsp3) is 0.235. The molecule has 0 saturated carbocycles. The molecule has 260 valence electrons. The number of aromatic nitrogens is 6. The van der Waals surface area contributed by atoms with Crippen LogP contribution in [-0.4, -0.2) is 52.8 Å². The van der Waals surface area contributed by atoms with Crippen LogP contribution >= 0.6 is 69.6 Å². The zero-order valence-electron chi connectivity index (χ0n) is 27.1. The Labute approximate surface area is 316 Å². The third-order valence-electron chi connectivity index (χ3n) is 7.42. The molecule has 0 atom stereocenters. The number of carbonyl (C=O) groups excluding carboxylic acids is 1. The lowest BCUT2D eigenvalue weighted by atomic mass is 10.00. The summed E-state index contributed by atoms with van der Waals surface area (Å²) in [5.41, 5.74) is 4.92. The third-order valence-corrected chi connectivity index (χ3v) is 8.97. The van der Waals surface area contributed by atoms with E-state index >= 15 is 0 Å². The summed E-state index contributed by atoms with van der Waals surface area (Å²) >= 11 is 37.2. The van der Waals surface area contributed by atoms with Gasteiger partial charge < -0.3 is 9.84 Å². The van der Waals surface area contributed by atoms with E-state index < -0.39 is 11.9 Å². The third kappa shape index (κ3) is 7.51. The summed E-state index contributed by atoms with van der Waals surface area (Å²) in [6, 6.07) is 10.1. The largest absolute Gasteiger partial charge is 0.478 e. The lowest BCUT2D eigenvalue weighted by molar-refractivity contribution is 0.0523. The van der Waals surface area contributed by atoms with E-state index in [1.54, 1.807) is 43.3 Å². The monoisotopic (exact) mass is 794 g/mol. The summed E-state index contributed by atoms with van der Waals surface area (Å²) < 4.78 is 8.06. The summed E-state index contributed by atoms with van der Waals surface area (Å²) in [5, 5.41) is 20.2. The van der Waals surface area contributed by atoms with E-state index in [0.717, 1.165) is 5.56 Å². The SMILES string of the molecule is CC(C)c1c(C(=O)O)cnn2c(Cl)c(-c3cc(Cl)cc(Cl)c3)nc12.CCOC(=O)c1cnn2c(Cl)c(-c3cc(Cl)cc(Cl)c3)nc2c1C(C)C. The Kier molecular flexibility index (Phi) is 11.5. The van der Waals surface area contributed by atoms with Crippen molar-refractivity contribution in [1.29, 1.82) is 0 Å². The average molecular weight is 797 g/mol. The second kappa shape index (κ2) is 15.3. The minimum Gasteiger partial charge on any atom is -0.478 e. The summed E-state index contributed by atoms with van der Waals surface area (Å²) in [7, 11) is 0. The fourth-order valence-electron chi connectivity index (χ4n) is 5.38. The first-order valence-corrected chi connectivity index (χ1v) is 17.4. The molecule has 0 unspecified atom stereocenters. The van der Waals surface area contributed by atoms with Gasteiger partial charge in [0.25, 0.3) is 0 Å². The number of hydrogen-bond donors (Lipinski definition) is 1. The number of esters is 1. The van der Waals surface area contributed by atoms with Crippen molar-refractivity contribution < 1.29 is 19.4 Å². The van der Waals surface area contributed by atoms with Gasteiger partial charge in [-0.25, -0.2) is 28.6 Å². The highest BCUT2D eigenvalue weighted by molar-refractivity contribution is 6.36. The Morgan fingerprint density at radius 2 is 1.06 bits per heavy atom. The summed E-state index contributed by atoms with van der Waals surface area (Å²) in [5.74, 6) is -1.55. The zero-order chi connectivity index (χ0) is 36.6. The van der Waals surface area contributed by atoms with Gasteiger partial charge in [0.2, 0.25) is 0 Å². The summed E-state index contributed by atoms with van der Waals surface area (Å²) in [4.78, 5) is 32.9. The van der Waals surface area contributed by atoms with Gasteiger partial charge in [-0.2, -0.15) is 10.2 Å². The van der Waals surface area contributed by atoms with Crippen molar-refractivity contribution in [1.82, 2.24) is 29.2 Å². The Bertz CT molecular complexity index is 2240. The number of halogens is 6. The molecule has 0 fully saturated rings. The van der Waals surface area contributed by atoms with Gasteiger partial charge in [-0.1, -0.05) is 97.3 Å². The molecule has 0 aliphatic rings. The maximum Gasteiger partial charge on any atom is 0.340 e. The predicted molar refractivity (Wildman–Crippen MR) is 198 cm³/mol. The molecule has 6 aromatic rings. The van der Waals surface area contributed by atoms with Crippen LogP contribution in [-0.2, 0) is 4.74 Å². The predicted octanol–water partition coefficient (Wildman–Crippen LogP) is 10.8. The minimum absolute atomic E-state index is 0.00849. The highest BCUT2D eigenvalue weighted by Gasteiger charge is 2.25. The highest BCUT2D eigenvalue weighted by atomic mass is 35.5. The van der Waals surface area contributed by atoms with E-state index in [1.807, 2.05) is 27.7 Å². The van der Waals surface area contributed by atoms with Crippen LogP contribution in [0.2, 0.25) is 30.4 Å². The number of hydrogen-bond acceptors (Lipinski definition) is 7. The van der Waals surface area contributed by atoms with E-state index in [9.17, 15) is 14.7 Å². The zero-order valence-corrected chi connectivity index (χ0v) is 31.6. The molecule has 50 heavy (non-hydrogen) atoms. The van der Waals surface area contributed by atoms with Gasteiger partial charge in [0.15, 0.2) is 21.6 Å². The number of imidazole rings is 2. The van der Waals surface area contributed by atoms with Crippen LogP contribution in [0.4, 0.5) is 0 Å². The quantitative estimate of drug-likeness (QED) is 0.158. The van der Waals surface area contributed by atoms with Crippen LogP contribution in [0.25, 0.3) is 33.8 Å². The molecule has 0 saturated heterocycles. The first-order valence-electron chi connectivity index (χ1n) is 15.1. The van der Waals surface area contributed by atoms with Crippen molar-refractivity contribution >= 4 is 92.8 Å². The number of carboxylic acid groups (broad SMARTS) is 1. The van der Waals surface area contributed by atoms with Gasteiger partial charge in [-0.3, -0.25) is 0 Å². The van der Waals surface area contributed by atoms with E-state index in [4.69, 9.17) is 74.3 Å². The van der Waals surface area contributed by atoms with Crippen molar-refractivity contribution in [2.45, 2.75) is 46.5 Å². The van der Waals surface area contributed by atoms with Gasteiger partial charge in [-0.15, -0.1) is 0 Å². The minimum atomic E-state index is -1.06. The van der Waals surface area contributed by atoms with Crippen molar-refractivity contribution in [2.75, 3.05) is 6.61 Å². The summed E-state index contributed by atoms with van der Waals surface area (Å²) in [6.45, 7) is 9.75. The Hall–Kier alpha value is -3.64. The van der Waals surface area contributed by atoms with Gasteiger partial charge in [0, 0.05) is 42.3 Å². The molecule has 4 heterocycles. The number of rotatable bonds is 7. The molecule has 16 heteroatoms. The van der Waals surface area contributed by atoms with Crippen molar-refractivity contribution in [2.24, 2.45) is 0 Å². The molecule has 0 bridgehead atoms. The number of ether oxygens (including phenoxy) is 1. The van der Waals surface area contributed by atoms with Crippen LogP contribution in [0.15, 0.2) is 48.8 Å². The van der Waals surface area contributed by atoms with Crippen LogP contribution in [0.3, 0.4) is 0 Å². The second-order valence-electron chi connectivity index (χ2n) is 11.6. The molecule has 2 aromatic carbocycles. The van der Waals surface area contributed by atoms with Crippen molar-refractivity contribution in [3.05, 3.63) is 101 Å². The molecular weight excluding hydrogens is 769 g/mol. The van der Waals surface area contributed by atoms with Crippen LogP contribution in [0.5, 0.6) is 0 Å². The molecule has 10 nitrogen and oxygen atoms in total. The molecule has 0 spiro atoms. The van der Waals surface area contributed by atoms with Crippen LogP contribution < -0.4 is 0 Å². The normalized spacial score (nSPS) is 11.4. The fourth-order valence-corrected chi connectivity index (χ4v) is 6.99. The molecular formula is C34H28Cl6N6O4. The molecule has 0 radical (unpaired) electrons. The summed E-state index contributed by atoms with van der Waals surface area (Å²) in [6.07, 6.45) is 2.75. The molecule has 0 aliphatic carbocycles. The first-order chi connectivity index (χ1) is 23.6. The second-order valence-corrected chi connectivity index (χ2v) is 14.0. The van der Waals surface area contributed by atoms with Gasteiger partial charge >= 0.3 is 11.9 Å². The Morgan fingerprint density at radius 3 is 1.42 bits per heavy atom. The lowest BCUT2D eigenvalue weighted by Gasteiger charge is -2.12. The van der Waals surface area contributed by atoms with E-state index in [0.29, 0.717) is 70.2 Å². The number of nitrogens with zero attached hydrogens (tertiary/aromatic N) is 6. The molecule has 1 N–H and O–H groups in total. The maximum atomic E-state index is 12.3. The molecule has 0 amide bonds. The van der Waals surface area contributed by atoms with E-state index in [2.05, 4.69) is 20.2 Å². The smallest absolute Gasteiger partial charge is 0.340 e. The topological polar surface area (TPSA) is 124 Å². The molecule has 6 rings (SSSR count). The van der Waals surface area contributed by atoms with Gasteiger partial charge in [-0.05, 0) is 55.2 Å². The molecule has 0 aliphatic heterocycles. The number of fused-ring (bicyclic) bond motifs is 2. The van der Waals surface area contributed by atoms with Crippen molar-refractivity contribution in [3.8, 4) is 22.5 Å². The van der Waals surface area contributed by atoms with Crippen molar-refractivity contribution in [3.63, 3.8) is 0 Å². The van der Waals surface area contributed by atoms with Gasteiger partial charge in [0.1, 0.15) is 11.4 Å². The standard InChI is InChI=1S/C18H16Cl3N3O2.C16H12Cl3N3O2/c1-4-26-18(25)13-8-22-24-16(21)15(23-17(24)14(13)9(2)3)10-5-11(19)7-12(20)6-10;1-7(2)12-11(16(23)24)6-20-22-14(19)13(21-15(12)22)8-3-9(17)5-10(18)4-8/h5-9H,4H2,1-3H3;3-7H,1-2H3,(H,23,24). The van der Waals surface area contributed by atoms with Gasteiger partial charge in [0.05, 0.1) is 30.1 Å². The Morgan fingerprint density at radius 1 is 0.680 bits per heavy atom. The highest BCUT2D eigenvalue weighted by Crippen LogP contribution is 2.36. The number of carboxylic acids is 1. The average Bonchev–Trinajstić information content (AvgIpc) is 3.55. The Balaban J connectivity index is 0.000000195. The number of aromatic carboxylic acids is 1. The van der Waals surface area contributed by atoms with E-state index in [-0.39, 0.29) is 29.2 Å². The van der Waals surface area contributed by atoms with Crippen LogP contribution in [0, 0.1) is 0 Å². The lowest BCUT2D eigenvalue weighted by Crippen LogP contribution is -2.12.